The Balaban J connectivity index is 2.50. The van der Waals surface area contributed by atoms with Gasteiger partial charge >= 0.3 is 0 Å². The number of hydrogen-bond donors (Lipinski definition) is 2. The molecule has 0 aliphatic rings. The van der Waals surface area contributed by atoms with Crippen molar-refractivity contribution >= 4 is 17.5 Å². The van der Waals surface area contributed by atoms with E-state index in [1.165, 1.54) is 0 Å². The summed E-state index contributed by atoms with van der Waals surface area (Å²) in [5.41, 5.74) is 1.08. The maximum absolute atomic E-state index is 11.0. The minimum absolute atomic E-state index is 0.0781. The van der Waals surface area contributed by atoms with Gasteiger partial charge in [-0.05, 0) is 12.0 Å². The molecule has 0 fully saturated rings. The fourth-order valence-electron chi connectivity index (χ4n) is 1.33. The van der Waals surface area contributed by atoms with Crippen LogP contribution in [0.2, 0.25) is 0 Å². The molecule has 1 aromatic rings. The van der Waals surface area contributed by atoms with Gasteiger partial charge in [-0.15, -0.1) is 11.6 Å². The number of halogens is 1. The second kappa shape index (κ2) is 6.43. The molecule has 0 unspecified atom stereocenters. The second-order valence-corrected chi connectivity index (χ2v) is 3.54. The Kier molecular flexibility index (Phi) is 5.15. The molecule has 1 rings (SSSR count). The highest BCUT2D eigenvalue weighted by Gasteiger charge is 2.10. The highest BCUT2D eigenvalue weighted by Crippen LogP contribution is 2.02. The lowest BCUT2D eigenvalue weighted by Gasteiger charge is -2.15. The van der Waals surface area contributed by atoms with Crippen LogP contribution in [0.25, 0.3) is 0 Å². The second-order valence-electron chi connectivity index (χ2n) is 3.27. The predicted molar refractivity (Wildman–Crippen MR) is 59.9 cm³/mol. The number of nitrogens with one attached hydrogen (secondary N) is 1. The van der Waals surface area contributed by atoms with Gasteiger partial charge in [-0.3, -0.25) is 4.79 Å². The Labute approximate surface area is 94.1 Å². The standard InChI is InChI=1S/C11H14ClNO2/c12-7-11(15)13-10(8-14)6-9-4-2-1-3-5-9/h1-5,10,14H,6-8H2,(H,13,15)/t10-/m0/s1. The van der Waals surface area contributed by atoms with Gasteiger partial charge in [0.05, 0.1) is 12.6 Å². The highest BCUT2D eigenvalue weighted by molar-refractivity contribution is 6.27. The first kappa shape index (κ1) is 12.0. The zero-order chi connectivity index (χ0) is 11.1. The summed E-state index contributed by atoms with van der Waals surface area (Å²) in [7, 11) is 0. The maximum atomic E-state index is 11.0. The fraction of sp³-hybridized carbons (Fsp3) is 0.364. The number of aliphatic hydroxyl groups excluding tert-OH is 1. The van der Waals surface area contributed by atoms with Crippen molar-refractivity contribution in [2.45, 2.75) is 12.5 Å². The summed E-state index contributed by atoms with van der Waals surface area (Å²) in [5.74, 6) is -0.336. The lowest BCUT2D eigenvalue weighted by atomic mass is 10.1. The topological polar surface area (TPSA) is 49.3 Å². The first-order valence-corrected chi connectivity index (χ1v) is 5.30. The molecule has 1 aromatic carbocycles. The number of benzene rings is 1. The van der Waals surface area contributed by atoms with Crippen molar-refractivity contribution in [3.8, 4) is 0 Å². The quantitative estimate of drug-likeness (QED) is 0.736. The van der Waals surface area contributed by atoms with Gasteiger partial charge in [0.25, 0.3) is 0 Å². The van der Waals surface area contributed by atoms with Gasteiger partial charge < -0.3 is 10.4 Å². The molecule has 0 heterocycles. The van der Waals surface area contributed by atoms with Gasteiger partial charge in [-0.2, -0.15) is 0 Å². The van der Waals surface area contributed by atoms with Crippen molar-refractivity contribution < 1.29 is 9.90 Å². The van der Waals surface area contributed by atoms with Crippen molar-refractivity contribution in [1.82, 2.24) is 5.32 Å². The van der Waals surface area contributed by atoms with E-state index in [0.717, 1.165) is 5.56 Å². The molecule has 0 aliphatic heterocycles. The van der Waals surface area contributed by atoms with Crippen LogP contribution in [-0.4, -0.2) is 29.5 Å². The van der Waals surface area contributed by atoms with Gasteiger partial charge in [0.2, 0.25) is 5.91 Å². The van der Waals surface area contributed by atoms with E-state index in [9.17, 15) is 4.79 Å². The number of alkyl halides is 1. The Bertz CT molecular complexity index is 303. The van der Waals surface area contributed by atoms with Crippen molar-refractivity contribution in [1.29, 1.82) is 0 Å². The largest absolute Gasteiger partial charge is 0.394 e. The van der Waals surface area contributed by atoms with Crippen LogP contribution in [0.4, 0.5) is 0 Å². The van der Waals surface area contributed by atoms with Crippen LogP contribution in [0.1, 0.15) is 5.56 Å². The molecule has 3 nitrogen and oxygen atoms in total. The first-order chi connectivity index (χ1) is 7.26. The smallest absolute Gasteiger partial charge is 0.235 e. The lowest BCUT2D eigenvalue weighted by Crippen LogP contribution is -2.39. The highest BCUT2D eigenvalue weighted by atomic mass is 35.5. The molecular weight excluding hydrogens is 214 g/mol. The van der Waals surface area contributed by atoms with Gasteiger partial charge in [-0.1, -0.05) is 30.3 Å². The summed E-state index contributed by atoms with van der Waals surface area (Å²) < 4.78 is 0. The van der Waals surface area contributed by atoms with Crippen molar-refractivity contribution in [3.05, 3.63) is 35.9 Å². The Hall–Kier alpha value is -1.06. The molecule has 1 atom stereocenters. The Morgan fingerprint density at radius 1 is 1.40 bits per heavy atom. The molecule has 0 aliphatic carbocycles. The predicted octanol–water partition coefficient (Wildman–Crippen LogP) is 0.945. The van der Waals surface area contributed by atoms with Crippen LogP contribution in [0.3, 0.4) is 0 Å². The first-order valence-electron chi connectivity index (χ1n) is 4.76. The van der Waals surface area contributed by atoms with E-state index >= 15 is 0 Å². The molecule has 0 saturated heterocycles. The summed E-state index contributed by atoms with van der Waals surface area (Å²) in [6.07, 6.45) is 0.611. The van der Waals surface area contributed by atoms with E-state index in [0.29, 0.717) is 6.42 Å². The van der Waals surface area contributed by atoms with Crippen molar-refractivity contribution in [3.63, 3.8) is 0 Å². The Morgan fingerprint density at radius 3 is 2.60 bits per heavy atom. The van der Waals surface area contributed by atoms with E-state index in [-0.39, 0.29) is 24.4 Å². The summed E-state index contributed by atoms with van der Waals surface area (Å²) in [4.78, 5) is 11.0. The average Bonchev–Trinajstić information content (AvgIpc) is 2.29. The average molecular weight is 228 g/mol. The van der Waals surface area contributed by atoms with E-state index in [4.69, 9.17) is 16.7 Å². The monoisotopic (exact) mass is 227 g/mol. The molecule has 0 radical (unpaired) electrons. The zero-order valence-electron chi connectivity index (χ0n) is 8.32. The molecular formula is C11H14ClNO2. The maximum Gasteiger partial charge on any atom is 0.235 e. The zero-order valence-corrected chi connectivity index (χ0v) is 9.07. The summed E-state index contributed by atoms with van der Waals surface area (Å²) in [5, 5.41) is 11.7. The third kappa shape index (κ3) is 4.32. The van der Waals surface area contributed by atoms with Crippen LogP contribution >= 0.6 is 11.6 Å². The van der Waals surface area contributed by atoms with Crippen molar-refractivity contribution in [2.75, 3.05) is 12.5 Å². The third-order valence-electron chi connectivity index (χ3n) is 2.03. The molecule has 0 bridgehead atoms. The van der Waals surface area contributed by atoms with E-state index < -0.39 is 0 Å². The number of aliphatic hydroxyl groups is 1. The Morgan fingerprint density at radius 2 is 2.07 bits per heavy atom. The third-order valence-corrected chi connectivity index (χ3v) is 2.27. The molecule has 2 N–H and O–H groups in total. The van der Waals surface area contributed by atoms with Gasteiger partial charge in [-0.25, -0.2) is 0 Å². The molecule has 0 spiro atoms. The summed E-state index contributed by atoms with van der Waals surface area (Å²) in [6.45, 7) is -0.0858. The SMILES string of the molecule is O=C(CCl)N[C@H](CO)Cc1ccccc1. The number of carbonyl (C=O) groups excluding carboxylic acids is 1. The lowest BCUT2D eigenvalue weighted by molar-refractivity contribution is -0.119. The molecule has 0 aromatic heterocycles. The van der Waals surface area contributed by atoms with Crippen LogP contribution < -0.4 is 5.32 Å². The number of hydrogen-bond acceptors (Lipinski definition) is 2. The minimum Gasteiger partial charge on any atom is -0.394 e. The number of carbonyl (C=O) groups is 1. The molecule has 15 heavy (non-hydrogen) atoms. The minimum atomic E-state index is -0.265. The number of rotatable bonds is 5. The van der Waals surface area contributed by atoms with Crippen LogP contribution in [-0.2, 0) is 11.2 Å². The van der Waals surface area contributed by atoms with E-state index in [1.54, 1.807) is 0 Å². The molecule has 82 valence electrons. The van der Waals surface area contributed by atoms with Crippen LogP contribution in [0.5, 0.6) is 0 Å². The number of amides is 1. The van der Waals surface area contributed by atoms with Gasteiger partial charge in [0.1, 0.15) is 5.88 Å². The summed E-state index contributed by atoms with van der Waals surface area (Å²) >= 11 is 5.36. The van der Waals surface area contributed by atoms with Gasteiger partial charge in [0.15, 0.2) is 0 Å². The molecule has 1 amide bonds. The van der Waals surface area contributed by atoms with E-state index in [2.05, 4.69) is 5.32 Å². The van der Waals surface area contributed by atoms with Gasteiger partial charge in [0, 0.05) is 0 Å². The molecule has 4 heteroatoms. The normalized spacial score (nSPS) is 12.1. The molecule has 0 saturated carbocycles. The summed E-state index contributed by atoms with van der Waals surface area (Å²) in [6, 6.07) is 9.42. The van der Waals surface area contributed by atoms with Crippen LogP contribution in [0.15, 0.2) is 30.3 Å². The van der Waals surface area contributed by atoms with E-state index in [1.807, 2.05) is 30.3 Å². The van der Waals surface area contributed by atoms with Crippen molar-refractivity contribution in [2.24, 2.45) is 0 Å². The fourth-order valence-corrected chi connectivity index (χ4v) is 1.40. The van der Waals surface area contributed by atoms with Crippen LogP contribution in [0, 0.1) is 0 Å².